The van der Waals surface area contributed by atoms with Gasteiger partial charge >= 0.3 is 0 Å². The van der Waals surface area contributed by atoms with Crippen molar-refractivity contribution in [3.63, 3.8) is 0 Å². The summed E-state index contributed by atoms with van der Waals surface area (Å²) in [5, 5.41) is 0. The van der Waals surface area contributed by atoms with Crippen LogP contribution in [-0.2, 0) is 0 Å². The molecule has 0 atom stereocenters. The van der Waals surface area contributed by atoms with Gasteiger partial charge in [-0.25, -0.2) is 0 Å². The number of nitrogens with zero attached hydrogens (tertiary/aromatic N) is 1. The molecule has 0 aliphatic heterocycles. The summed E-state index contributed by atoms with van der Waals surface area (Å²) in [5.74, 6) is 0. The van der Waals surface area contributed by atoms with Crippen molar-refractivity contribution < 1.29 is 0 Å². The van der Waals surface area contributed by atoms with Crippen molar-refractivity contribution in [2.45, 2.75) is 34.1 Å². The van der Waals surface area contributed by atoms with E-state index in [0.717, 1.165) is 12.0 Å². The Morgan fingerprint density at radius 1 is 1.00 bits per heavy atom. The molecule has 0 N–H and O–H groups in total. The van der Waals surface area contributed by atoms with Gasteiger partial charge in [-0.1, -0.05) is 74.3 Å². The minimum absolute atomic E-state index is 1.02. The first-order valence-electron chi connectivity index (χ1n) is 8.01. The Morgan fingerprint density at radius 2 is 1.74 bits per heavy atom. The predicted octanol–water partition coefficient (Wildman–Crippen LogP) is 6.67. The Bertz CT molecular complexity index is 573. The summed E-state index contributed by atoms with van der Waals surface area (Å²) in [6.45, 7) is 12.0. The molecule has 0 aromatic carbocycles. The first-order chi connectivity index (χ1) is 11.2. The molecule has 0 bridgehead atoms. The molecule has 0 rings (SSSR count). The second-order valence-electron chi connectivity index (χ2n) is 4.81. The average Bonchev–Trinajstić information content (AvgIpc) is 2.56. The molecule has 0 heterocycles. The summed E-state index contributed by atoms with van der Waals surface area (Å²) in [5.41, 5.74) is 3.59. The molecule has 1 nitrogen and oxygen atoms in total. The lowest BCUT2D eigenvalue weighted by molar-refractivity contribution is 1.19. The second kappa shape index (κ2) is 14.5. The maximum atomic E-state index is 4.31. The summed E-state index contributed by atoms with van der Waals surface area (Å²) in [7, 11) is 0. The fourth-order valence-corrected chi connectivity index (χ4v) is 1.70. The highest BCUT2D eigenvalue weighted by Crippen LogP contribution is 2.13. The highest BCUT2D eigenvalue weighted by atomic mass is 14.7. The van der Waals surface area contributed by atoms with Gasteiger partial charge in [0.25, 0.3) is 0 Å². The van der Waals surface area contributed by atoms with Crippen LogP contribution in [-0.4, -0.2) is 6.21 Å². The Kier molecular flexibility index (Phi) is 13.0. The van der Waals surface area contributed by atoms with Crippen LogP contribution in [0.25, 0.3) is 0 Å². The first kappa shape index (κ1) is 20.6. The molecule has 0 radical (unpaired) electrons. The molecule has 23 heavy (non-hydrogen) atoms. The summed E-state index contributed by atoms with van der Waals surface area (Å²) < 4.78 is 0. The summed E-state index contributed by atoms with van der Waals surface area (Å²) in [6, 6.07) is 0. The van der Waals surface area contributed by atoms with E-state index in [1.54, 1.807) is 12.3 Å². The van der Waals surface area contributed by atoms with Crippen molar-refractivity contribution in [2.75, 3.05) is 0 Å². The van der Waals surface area contributed by atoms with E-state index in [0.29, 0.717) is 0 Å². The highest BCUT2D eigenvalue weighted by Gasteiger charge is 1.94. The van der Waals surface area contributed by atoms with Crippen LogP contribution in [0.3, 0.4) is 0 Å². The number of allylic oxidation sites excluding steroid dienone is 14. The summed E-state index contributed by atoms with van der Waals surface area (Å²) >= 11 is 0. The van der Waals surface area contributed by atoms with Crippen molar-refractivity contribution in [1.29, 1.82) is 0 Å². The van der Waals surface area contributed by atoms with Gasteiger partial charge in [0.05, 0.1) is 0 Å². The Labute approximate surface area is 142 Å². The van der Waals surface area contributed by atoms with E-state index < -0.39 is 0 Å². The molecule has 0 saturated heterocycles. The molecular weight excluding hydrogens is 278 g/mol. The van der Waals surface area contributed by atoms with Crippen molar-refractivity contribution >= 4 is 6.21 Å². The lowest BCUT2D eigenvalue weighted by Gasteiger charge is -2.01. The van der Waals surface area contributed by atoms with Crippen LogP contribution >= 0.6 is 0 Å². The Morgan fingerprint density at radius 3 is 2.35 bits per heavy atom. The predicted molar refractivity (Wildman–Crippen MR) is 107 cm³/mol. The van der Waals surface area contributed by atoms with Crippen LogP contribution in [0.4, 0.5) is 0 Å². The van der Waals surface area contributed by atoms with Crippen LogP contribution in [0.5, 0.6) is 0 Å². The molecule has 0 unspecified atom stereocenters. The number of rotatable bonds is 9. The van der Waals surface area contributed by atoms with E-state index >= 15 is 0 Å². The van der Waals surface area contributed by atoms with E-state index in [2.05, 4.69) is 56.6 Å². The molecule has 1 heteroatoms. The lowest BCUT2D eigenvalue weighted by Crippen LogP contribution is -1.82. The maximum absolute atomic E-state index is 4.31. The van der Waals surface area contributed by atoms with Gasteiger partial charge in [0.2, 0.25) is 0 Å². The topological polar surface area (TPSA) is 12.4 Å². The smallest absolute Gasteiger partial charge is 0.0340 e. The van der Waals surface area contributed by atoms with Gasteiger partial charge in [0.1, 0.15) is 0 Å². The molecule has 0 aromatic heterocycles. The van der Waals surface area contributed by atoms with Gasteiger partial charge in [-0.15, -0.1) is 0 Å². The highest BCUT2D eigenvalue weighted by molar-refractivity contribution is 5.72. The summed E-state index contributed by atoms with van der Waals surface area (Å²) in [4.78, 5) is 4.31. The largest absolute Gasteiger partial charge is 0.264 e. The van der Waals surface area contributed by atoms with Crippen LogP contribution in [0.15, 0.2) is 101 Å². The molecule has 0 aliphatic carbocycles. The van der Waals surface area contributed by atoms with E-state index in [1.165, 1.54) is 11.1 Å². The maximum Gasteiger partial charge on any atom is 0.0340 e. The molecule has 0 saturated carbocycles. The third-order valence-corrected chi connectivity index (χ3v) is 2.99. The fourth-order valence-electron chi connectivity index (χ4n) is 1.70. The quantitative estimate of drug-likeness (QED) is 0.333. The molecule has 0 aromatic rings. The zero-order valence-electron chi connectivity index (χ0n) is 14.9. The fraction of sp³-hybridized carbons (Fsp3) is 0.227. The third-order valence-electron chi connectivity index (χ3n) is 2.99. The molecule has 0 aliphatic rings. The second-order valence-corrected chi connectivity index (χ2v) is 4.81. The number of hydrogen-bond donors (Lipinski definition) is 0. The first-order valence-corrected chi connectivity index (χ1v) is 8.01. The molecule has 0 amide bonds. The van der Waals surface area contributed by atoms with Gasteiger partial charge in [-0.2, -0.15) is 0 Å². The van der Waals surface area contributed by atoms with E-state index in [4.69, 9.17) is 0 Å². The molecule has 122 valence electrons. The third kappa shape index (κ3) is 10.9. The molecule has 0 fully saturated rings. The Hall–Kier alpha value is -2.41. The lowest BCUT2D eigenvalue weighted by atomic mass is 10.0. The minimum Gasteiger partial charge on any atom is -0.264 e. The van der Waals surface area contributed by atoms with Crippen molar-refractivity contribution in [2.24, 2.45) is 4.99 Å². The zero-order valence-corrected chi connectivity index (χ0v) is 14.9. The number of hydrogen-bond acceptors (Lipinski definition) is 1. The normalized spacial score (nSPS) is 15.2. The van der Waals surface area contributed by atoms with Crippen molar-refractivity contribution in [3.8, 4) is 0 Å². The monoisotopic (exact) mass is 307 g/mol. The SMILES string of the molecule is C=C\C=C/C=C/C=N/C=C(\C=C/C)/C=C/C(=C/CC)C(/C)=C\C. The summed E-state index contributed by atoms with van der Waals surface area (Å²) in [6.07, 6.45) is 26.6. The van der Waals surface area contributed by atoms with Gasteiger partial charge in [0, 0.05) is 12.4 Å². The van der Waals surface area contributed by atoms with Gasteiger partial charge in [-0.3, -0.25) is 4.99 Å². The Balaban J connectivity index is 5.07. The van der Waals surface area contributed by atoms with Crippen LogP contribution in [0.1, 0.15) is 34.1 Å². The standard InChI is InChI=1S/C22H29N/c1-6-10-11-12-13-18-23-19-21(14-7-2)16-17-22(15-8-3)20(5)9-4/h6-7,9-19H,1,8H2,2-5H3/b11-10-,13-12+,14-7-,17-16+,20-9-,21-19+,22-15-,23-18+. The number of aliphatic imine (C=N–C) groups is 1. The average molecular weight is 307 g/mol. The van der Waals surface area contributed by atoms with E-state index in [9.17, 15) is 0 Å². The van der Waals surface area contributed by atoms with Gasteiger partial charge < -0.3 is 0 Å². The molecular formula is C22H29N. The van der Waals surface area contributed by atoms with Crippen molar-refractivity contribution in [1.82, 2.24) is 0 Å². The van der Waals surface area contributed by atoms with E-state index in [1.807, 2.05) is 49.6 Å². The van der Waals surface area contributed by atoms with Gasteiger partial charge in [0.15, 0.2) is 0 Å². The minimum atomic E-state index is 1.02. The molecule has 0 spiro atoms. The van der Waals surface area contributed by atoms with Crippen molar-refractivity contribution in [3.05, 3.63) is 96.3 Å². The zero-order chi connectivity index (χ0) is 17.3. The van der Waals surface area contributed by atoms with Crippen LogP contribution < -0.4 is 0 Å². The van der Waals surface area contributed by atoms with Gasteiger partial charge in [-0.05, 0) is 50.0 Å². The van der Waals surface area contributed by atoms with E-state index in [-0.39, 0.29) is 0 Å². The van der Waals surface area contributed by atoms with Crippen LogP contribution in [0.2, 0.25) is 0 Å². The van der Waals surface area contributed by atoms with Crippen LogP contribution in [0, 0.1) is 0 Å².